The number of pyridine rings is 1. The van der Waals surface area contributed by atoms with Crippen LogP contribution in [0.2, 0.25) is 0 Å². The topological polar surface area (TPSA) is 49.7 Å². The van der Waals surface area contributed by atoms with Crippen molar-refractivity contribution in [1.82, 2.24) is 4.57 Å². The predicted molar refractivity (Wildman–Crippen MR) is 124 cm³/mol. The Bertz CT molecular complexity index is 841. The van der Waals surface area contributed by atoms with Crippen LogP contribution in [0.4, 0.5) is 0 Å². The van der Waals surface area contributed by atoms with Gasteiger partial charge in [0.2, 0.25) is 5.75 Å². The maximum atomic E-state index is 13.5. The molecule has 0 amide bonds. The van der Waals surface area contributed by atoms with Crippen molar-refractivity contribution in [3.05, 3.63) is 28.6 Å². The molecule has 0 bridgehead atoms. The summed E-state index contributed by atoms with van der Waals surface area (Å²) in [6.45, 7) is 9.50. The van der Waals surface area contributed by atoms with Crippen LogP contribution in [0.5, 0.6) is 17.2 Å². The number of methoxy groups -OCH3 is 1. The Labute approximate surface area is 181 Å². The van der Waals surface area contributed by atoms with Crippen molar-refractivity contribution in [3.8, 4) is 17.2 Å². The number of nitrogens with zero attached hydrogens (tertiary/aromatic N) is 1. The standard InChI is InChI=1S/C25H39NO4/c1-6-8-10-12-16-26-22-18-20(28-5)14-15-21(22)23(30-19(3)4)24(25(26)27)29-17-13-11-9-7-2/h14-15,18-19H,6-13,16-17H2,1-5H3. The van der Waals surface area contributed by atoms with Gasteiger partial charge in [-0.05, 0) is 38.8 Å². The number of hydrogen-bond acceptors (Lipinski definition) is 4. The van der Waals surface area contributed by atoms with Gasteiger partial charge in [-0.25, -0.2) is 0 Å². The molecule has 0 unspecified atom stereocenters. The zero-order valence-corrected chi connectivity index (χ0v) is 19.5. The number of unbranched alkanes of at least 4 members (excludes halogenated alkanes) is 6. The molecule has 1 heterocycles. The molecule has 2 rings (SSSR count). The third kappa shape index (κ3) is 6.41. The highest BCUT2D eigenvalue weighted by Crippen LogP contribution is 2.35. The summed E-state index contributed by atoms with van der Waals surface area (Å²) in [5.74, 6) is 1.62. The van der Waals surface area contributed by atoms with E-state index in [2.05, 4.69) is 13.8 Å². The summed E-state index contributed by atoms with van der Waals surface area (Å²) in [6.07, 6.45) is 8.73. The van der Waals surface area contributed by atoms with Gasteiger partial charge in [0.1, 0.15) is 5.75 Å². The minimum atomic E-state index is -0.113. The Hall–Kier alpha value is -2.17. The van der Waals surface area contributed by atoms with E-state index in [0.29, 0.717) is 24.7 Å². The number of aryl methyl sites for hydroxylation is 1. The van der Waals surface area contributed by atoms with Crippen LogP contribution in [0.15, 0.2) is 23.0 Å². The van der Waals surface area contributed by atoms with Gasteiger partial charge in [0.05, 0.1) is 25.3 Å². The molecule has 5 nitrogen and oxygen atoms in total. The number of hydrogen-bond donors (Lipinski definition) is 0. The molecule has 1 aromatic carbocycles. The second kappa shape index (κ2) is 12.5. The minimum Gasteiger partial charge on any atom is -0.497 e. The smallest absolute Gasteiger partial charge is 0.297 e. The van der Waals surface area contributed by atoms with Gasteiger partial charge in [-0.1, -0.05) is 52.4 Å². The molecule has 0 N–H and O–H groups in total. The van der Waals surface area contributed by atoms with Crippen LogP contribution < -0.4 is 19.8 Å². The summed E-state index contributed by atoms with van der Waals surface area (Å²) in [5.41, 5.74) is 0.725. The molecule has 0 saturated carbocycles. The van der Waals surface area contributed by atoms with E-state index < -0.39 is 0 Å². The molecular formula is C25H39NO4. The van der Waals surface area contributed by atoms with Gasteiger partial charge < -0.3 is 18.8 Å². The molecule has 168 valence electrons. The molecule has 0 aliphatic heterocycles. The van der Waals surface area contributed by atoms with Gasteiger partial charge in [0.15, 0.2) is 5.75 Å². The lowest BCUT2D eigenvalue weighted by Crippen LogP contribution is -2.25. The number of benzene rings is 1. The Morgan fingerprint density at radius 1 is 0.933 bits per heavy atom. The van der Waals surface area contributed by atoms with E-state index in [-0.39, 0.29) is 11.7 Å². The van der Waals surface area contributed by atoms with Crippen LogP contribution in [0, 0.1) is 0 Å². The van der Waals surface area contributed by atoms with Crippen molar-refractivity contribution in [2.45, 2.75) is 91.7 Å². The maximum Gasteiger partial charge on any atom is 0.297 e. The van der Waals surface area contributed by atoms with E-state index in [1.54, 1.807) is 7.11 Å². The summed E-state index contributed by atoms with van der Waals surface area (Å²) in [6, 6.07) is 5.80. The van der Waals surface area contributed by atoms with E-state index >= 15 is 0 Å². The molecule has 1 aromatic heterocycles. The first-order valence-electron chi connectivity index (χ1n) is 11.6. The lowest BCUT2D eigenvalue weighted by Gasteiger charge is -2.20. The largest absolute Gasteiger partial charge is 0.497 e. The van der Waals surface area contributed by atoms with Gasteiger partial charge in [-0.3, -0.25) is 4.79 Å². The molecule has 0 aliphatic carbocycles. The van der Waals surface area contributed by atoms with Crippen LogP contribution in [-0.4, -0.2) is 24.4 Å². The van der Waals surface area contributed by atoms with Gasteiger partial charge >= 0.3 is 0 Å². The van der Waals surface area contributed by atoms with Crippen molar-refractivity contribution in [2.75, 3.05) is 13.7 Å². The maximum absolute atomic E-state index is 13.5. The van der Waals surface area contributed by atoms with Crippen molar-refractivity contribution < 1.29 is 14.2 Å². The highest BCUT2D eigenvalue weighted by molar-refractivity contribution is 5.89. The molecule has 0 spiro atoms. The third-order valence-electron chi connectivity index (χ3n) is 5.22. The molecule has 0 aliphatic rings. The first-order valence-corrected chi connectivity index (χ1v) is 11.6. The summed E-state index contributed by atoms with van der Waals surface area (Å²) < 4.78 is 19.4. The van der Waals surface area contributed by atoms with Crippen LogP contribution in [0.1, 0.15) is 79.1 Å². The number of fused-ring (bicyclic) bond motifs is 1. The summed E-state index contributed by atoms with van der Waals surface area (Å²) in [5, 5.41) is 0.892. The average molecular weight is 418 g/mol. The molecule has 5 heteroatoms. The van der Waals surface area contributed by atoms with Crippen LogP contribution >= 0.6 is 0 Å². The molecule has 0 saturated heterocycles. The Morgan fingerprint density at radius 2 is 1.63 bits per heavy atom. The normalized spacial score (nSPS) is 11.3. The van der Waals surface area contributed by atoms with E-state index in [9.17, 15) is 4.79 Å². The predicted octanol–water partition coefficient (Wildman–Crippen LogP) is 6.34. The first-order chi connectivity index (χ1) is 14.5. The lowest BCUT2D eigenvalue weighted by atomic mass is 10.1. The van der Waals surface area contributed by atoms with E-state index in [1.165, 1.54) is 19.3 Å². The molecule has 0 fully saturated rings. The van der Waals surface area contributed by atoms with Crippen LogP contribution in [0.25, 0.3) is 10.9 Å². The lowest BCUT2D eigenvalue weighted by molar-refractivity contribution is 0.219. The highest BCUT2D eigenvalue weighted by atomic mass is 16.5. The average Bonchev–Trinajstić information content (AvgIpc) is 2.73. The Kier molecular flexibility index (Phi) is 10.0. The zero-order chi connectivity index (χ0) is 21.9. The van der Waals surface area contributed by atoms with Crippen molar-refractivity contribution in [3.63, 3.8) is 0 Å². The fourth-order valence-corrected chi connectivity index (χ4v) is 3.61. The van der Waals surface area contributed by atoms with Crippen molar-refractivity contribution >= 4 is 10.9 Å². The highest BCUT2D eigenvalue weighted by Gasteiger charge is 2.21. The Morgan fingerprint density at radius 3 is 2.27 bits per heavy atom. The summed E-state index contributed by atoms with van der Waals surface area (Å²) in [4.78, 5) is 13.5. The van der Waals surface area contributed by atoms with Gasteiger partial charge in [-0.15, -0.1) is 0 Å². The molecular weight excluding hydrogens is 378 g/mol. The van der Waals surface area contributed by atoms with Gasteiger partial charge in [-0.2, -0.15) is 0 Å². The van der Waals surface area contributed by atoms with Crippen LogP contribution in [0.3, 0.4) is 0 Å². The van der Waals surface area contributed by atoms with Crippen molar-refractivity contribution in [1.29, 1.82) is 0 Å². The fraction of sp³-hybridized carbons (Fsp3) is 0.640. The summed E-state index contributed by atoms with van der Waals surface area (Å²) in [7, 11) is 1.64. The number of ether oxygens (including phenoxy) is 3. The molecule has 0 atom stereocenters. The molecule has 2 aromatic rings. The summed E-state index contributed by atoms with van der Waals surface area (Å²) >= 11 is 0. The molecule has 0 radical (unpaired) electrons. The number of rotatable bonds is 14. The monoisotopic (exact) mass is 417 g/mol. The minimum absolute atomic E-state index is 0.0578. The van der Waals surface area contributed by atoms with E-state index in [0.717, 1.165) is 48.8 Å². The van der Waals surface area contributed by atoms with Gasteiger partial charge in [0, 0.05) is 18.0 Å². The SMILES string of the molecule is CCCCCCOc1c(OC(C)C)c2ccc(OC)cc2n(CCCCCC)c1=O. The second-order valence-electron chi connectivity index (χ2n) is 8.13. The zero-order valence-electron chi connectivity index (χ0n) is 19.5. The quantitative estimate of drug-likeness (QED) is 0.337. The molecule has 30 heavy (non-hydrogen) atoms. The third-order valence-corrected chi connectivity index (χ3v) is 5.22. The second-order valence-corrected chi connectivity index (χ2v) is 8.13. The van der Waals surface area contributed by atoms with Crippen molar-refractivity contribution in [2.24, 2.45) is 0 Å². The number of aromatic nitrogens is 1. The van der Waals surface area contributed by atoms with Gasteiger partial charge in [0.25, 0.3) is 5.56 Å². The Balaban J connectivity index is 2.51. The van der Waals surface area contributed by atoms with E-state index in [1.807, 2.05) is 36.6 Å². The first kappa shape index (κ1) is 24.1. The van der Waals surface area contributed by atoms with E-state index in [4.69, 9.17) is 14.2 Å². The van der Waals surface area contributed by atoms with Crippen LogP contribution in [-0.2, 0) is 6.54 Å². The fourth-order valence-electron chi connectivity index (χ4n) is 3.61.